The fourth-order valence-electron chi connectivity index (χ4n) is 4.32. The third-order valence-corrected chi connectivity index (χ3v) is 6.26. The summed E-state index contributed by atoms with van der Waals surface area (Å²) in [5.41, 5.74) is 3.08. The summed E-state index contributed by atoms with van der Waals surface area (Å²) in [6.45, 7) is 2.92. The van der Waals surface area contributed by atoms with E-state index in [4.69, 9.17) is 4.74 Å². The van der Waals surface area contributed by atoms with Gasteiger partial charge in [0.05, 0.1) is 13.0 Å². The molecule has 0 bridgehead atoms. The molecule has 35 heavy (non-hydrogen) atoms. The van der Waals surface area contributed by atoms with Crippen LogP contribution in [0.3, 0.4) is 0 Å². The SMILES string of the molecule is CC[C@H](C[C@H](NC(=O)C(c1ccccc1)c1ccccc1)C(=O)OC)NCCCc1ccccc1. The number of carbonyl (C=O) groups is 2. The molecule has 0 aliphatic carbocycles. The first-order valence-corrected chi connectivity index (χ1v) is 12.4. The van der Waals surface area contributed by atoms with Gasteiger partial charge in [-0.1, -0.05) is 97.9 Å². The Morgan fingerprint density at radius 2 is 1.37 bits per heavy atom. The quantitative estimate of drug-likeness (QED) is 0.275. The molecule has 1 amide bonds. The van der Waals surface area contributed by atoms with Crippen molar-refractivity contribution in [3.8, 4) is 0 Å². The van der Waals surface area contributed by atoms with Crippen LogP contribution in [0, 0.1) is 0 Å². The summed E-state index contributed by atoms with van der Waals surface area (Å²) in [4.78, 5) is 26.2. The summed E-state index contributed by atoms with van der Waals surface area (Å²) in [5.74, 6) is -1.15. The number of esters is 1. The summed E-state index contributed by atoms with van der Waals surface area (Å²) < 4.78 is 5.05. The first kappa shape index (κ1) is 26.2. The average molecular weight is 473 g/mol. The number of aryl methyl sites for hydroxylation is 1. The summed E-state index contributed by atoms with van der Waals surface area (Å²) in [6, 6.07) is 29.0. The molecule has 5 heteroatoms. The van der Waals surface area contributed by atoms with Gasteiger partial charge in [0.15, 0.2) is 0 Å². The molecule has 3 aromatic rings. The van der Waals surface area contributed by atoms with Gasteiger partial charge >= 0.3 is 5.97 Å². The van der Waals surface area contributed by atoms with Crippen molar-refractivity contribution in [1.29, 1.82) is 0 Å². The van der Waals surface area contributed by atoms with Crippen LogP contribution < -0.4 is 10.6 Å². The standard InChI is InChI=1S/C30H36N2O3/c1-3-26(31-21-13-16-23-14-7-4-8-15-23)22-27(30(34)35-2)32-29(33)28(24-17-9-5-10-18-24)25-19-11-6-12-20-25/h4-12,14-15,17-20,26-28,31H,3,13,16,21-22H2,1-2H3,(H,32,33)/t26-,27+/m1/s1. The highest BCUT2D eigenvalue weighted by Gasteiger charge is 2.29. The first-order chi connectivity index (χ1) is 17.1. The molecule has 0 aromatic heterocycles. The van der Waals surface area contributed by atoms with E-state index in [0.29, 0.717) is 6.42 Å². The van der Waals surface area contributed by atoms with Gasteiger partial charge in [-0.2, -0.15) is 0 Å². The van der Waals surface area contributed by atoms with Gasteiger partial charge in [-0.15, -0.1) is 0 Å². The second kappa shape index (κ2) is 14.1. The Balaban J connectivity index is 1.66. The Kier molecular flexibility index (Phi) is 10.5. The van der Waals surface area contributed by atoms with E-state index in [9.17, 15) is 9.59 Å². The monoisotopic (exact) mass is 472 g/mol. The highest BCUT2D eigenvalue weighted by atomic mass is 16.5. The van der Waals surface area contributed by atoms with Gasteiger partial charge in [0.25, 0.3) is 0 Å². The van der Waals surface area contributed by atoms with E-state index in [1.165, 1.54) is 12.7 Å². The van der Waals surface area contributed by atoms with Crippen LogP contribution in [0.1, 0.15) is 48.8 Å². The van der Waals surface area contributed by atoms with Crippen LogP contribution in [-0.4, -0.2) is 37.6 Å². The van der Waals surface area contributed by atoms with Crippen LogP contribution in [0.4, 0.5) is 0 Å². The van der Waals surface area contributed by atoms with Crippen molar-refractivity contribution in [2.45, 2.75) is 50.6 Å². The molecule has 2 N–H and O–H groups in total. The lowest BCUT2D eigenvalue weighted by molar-refractivity contribution is -0.145. The van der Waals surface area contributed by atoms with Gasteiger partial charge in [0.2, 0.25) is 5.91 Å². The van der Waals surface area contributed by atoms with Gasteiger partial charge in [0.1, 0.15) is 6.04 Å². The molecule has 3 rings (SSSR count). The average Bonchev–Trinajstić information content (AvgIpc) is 2.91. The molecular weight excluding hydrogens is 436 g/mol. The van der Waals surface area contributed by atoms with Gasteiger partial charge in [-0.3, -0.25) is 4.79 Å². The number of carbonyl (C=O) groups excluding carboxylic acids is 2. The summed E-state index contributed by atoms with van der Waals surface area (Å²) >= 11 is 0. The number of hydrogen-bond acceptors (Lipinski definition) is 4. The van der Waals surface area contributed by atoms with Crippen LogP contribution in [0.15, 0.2) is 91.0 Å². The predicted octanol–water partition coefficient (Wildman–Crippen LogP) is 4.87. The van der Waals surface area contributed by atoms with Crippen LogP contribution in [0.2, 0.25) is 0 Å². The second-order valence-corrected chi connectivity index (χ2v) is 8.72. The van der Waals surface area contributed by atoms with Gasteiger partial charge in [-0.25, -0.2) is 4.79 Å². The molecule has 0 aliphatic rings. The van der Waals surface area contributed by atoms with Crippen molar-refractivity contribution in [1.82, 2.24) is 10.6 Å². The third kappa shape index (κ3) is 8.08. The van der Waals surface area contributed by atoms with Gasteiger partial charge < -0.3 is 15.4 Å². The molecule has 0 spiro atoms. The first-order valence-electron chi connectivity index (χ1n) is 12.4. The number of ether oxygens (including phenoxy) is 1. The fourth-order valence-corrected chi connectivity index (χ4v) is 4.32. The molecule has 0 unspecified atom stereocenters. The molecule has 3 aromatic carbocycles. The molecule has 0 radical (unpaired) electrons. The smallest absolute Gasteiger partial charge is 0.328 e. The van der Waals surface area contributed by atoms with E-state index in [1.54, 1.807) is 0 Å². The normalized spacial score (nSPS) is 12.7. The number of benzene rings is 3. The van der Waals surface area contributed by atoms with E-state index >= 15 is 0 Å². The molecule has 0 saturated carbocycles. The van der Waals surface area contributed by atoms with Crippen molar-refractivity contribution in [3.05, 3.63) is 108 Å². The Morgan fingerprint density at radius 1 is 0.829 bits per heavy atom. The third-order valence-electron chi connectivity index (χ3n) is 6.26. The van der Waals surface area contributed by atoms with Gasteiger partial charge in [0, 0.05) is 6.04 Å². The predicted molar refractivity (Wildman–Crippen MR) is 140 cm³/mol. The maximum absolute atomic E-state index is 13.5. The summed E-state index contributed by atoms with van der Waals surface area (Å²) in [6.07, 6.45) is 3.31. The Hall–Kier alpha value is -3.44. The van der Waals surface area contributed by atoms with Crippen molar-refractivity contribution in [3.63, 3.8) is 0 Å². The zero-order valence-electron chi connectivity index (χ0n) is 20.7. The number of nitrogens with one attached hydrogen (secondary N) is 2. The number of hydrogen-bond donors (Lipinski definition) is 2. The van der Waals surface area contributed by atoms with Crippen molar-refractivity contribution in [2.24, 2.45) is 0 Å². The maximum atomic E-state index is 13.5. The van der Waals surface area contributed by atoms with Crippen molar-refractivity contribution in [2.75, 3.05) is 13.7 Å². The molecule has 0 fully saturated rings. The minimum Gasteiger partial charge on any atom is -0.467 e. The van der Waals surface area contributed by atoms with Crippen LogP contribution >= 0.6 is 0 Å². The maximum Gasteiger partial charge on any atom is 0.328 e. The molecule has 0 aliphatic heterocycles. The lowest BCUT2D eigenvalue weighted by Crippen LogP contribution is -2.47. The minimum absolute atomic E-state index is 0.0853. The minimum atomic E-state index is -0.728. The summed E-state index contributed by atoms with van der Waals surface area (Å²) in [5, 5.41) is 6.55. The molecule has 5 nitrogen and oxygen atoms in total. The largest absolute Gasteiger partial charge is 0.467 e. The van der Waals surface area contributed by atoms with E-state index in [-0.39, 0.29) is 11.9 Å². The second-order valence-electron chi connectivity index (χ2n) is 8.72. The number of rotatable bonds is 13. The lowest BCUT2D eigenvalue weighted by atomic mass is 9.90. The Morgan fingerprint density at radius 3 is 1.89 bits per heavy atom. The zero-order chi connectivity index (χ0) is 24.9. The zero-order valence-corrected chi connectivity index (χ0v) is 20.7. The van der Waals surface area contributed by atoms with Crippen LogP contribution in [-0.2, 0) is 20.7 Å². The molecular formula is C30H36N2O3. The highest BCUT2D eigenvalue weighted by molar-refractivity contribution is 5.91. The van der Waals surface area contributed by atoms with E-state index in [0.717, 1.165) is 36.9 Å². The van der Waals surface area contributed by atoms with E-state index < -0.39 is 17.9 Å². The van der Waals surface area contributed by atoms with Crippen LogP contribution in [0.25, 0.3) is 0 Å². The van der Waals surface area contributed by atoms with Crippen LogP contribution in [0.5, 0.6) is 0 Å². The Labute approximate surface area is 208 Å². The van der Waals surface area contributed by atoms with Crippen molar-refractivity contribution >= 4 is 11.9 Å². The highest BCUT2D eigenvalue weighted by Crippen LogP contribution is 2.25. The molecule has 184 valence electrons. The fraction of sp³-hybridized carbons (Fsp3) is 0.333. The number of methoxy groups -OCH3 is 1. The van der Waals surface area contributed by atoms with E-state index in [1.807, 2.05) is 66.7 Å². The number of amides is 1. The Bertz CT molecular complexity index is 986. The van der Waals surface area contributed by atoms with Crippen molar-refractivity contribution < 1.29 is 14.3 Å². The topological polar surface area (TPSA) is 67.4 Å². The lowest BCUT2D eigenvalue weighted by Gasteiger charge is -2.25. The van der Waals surface area contributed by atoms with E-state index in [2.05, 4.69) is 41.8 Å². The molecule has 0 saturated heterocycles. The summed E-state index contributed by atoms with van der Waals surface area (Å²) in [7, 11) is 1.36. The molecule has 0 heterocycles. The molecule has 2 atom stereocenters. The van der Waals surface area contributed by atoms with Gasteiger partial charge in [-0.05, 0) is 48.9 Å².